The van der Waals surface area contributed by atoms with Crippen LogP contribution in [0.2, 0.25) is 0 Å². The average molecular weight is 244 g/mol. The maximum Gasteiger partial charge on any atom is 0.374 e. The molecule has 0 spiro atoms. The standard InChI is InChI=1S/C15H16O3/c1-2-3-10-18-15(16)14-13(9-11-17-14)12-7-5-4-6-8-12/h4-9,11H,2-3,10H2,1H3. The summed E-state index contributed by atoms with van der Waals surface area (Å²) in [5, 5.41) is 0. The zero-order valence-corrected chi connectivity index (χ0v) is 10.4. The number of benzene rings is 1. The van der Waals surface area contributed by atoms with Gasteiger partial charge in [-0.3, -0.25) is 0 Å². The molecule has 0 fully saturated rings. The fraction of sp³-hybridized carbons (Fsp3) is 0.267. The minimum absolute atomic E-state index is 0.275. The van der Waals surface area contributed by atoms with E-state index in [4.69, 9.17) is 9.15 Å². The van der Waals surface area contributed by atoms with Crippen LogP contribution in [-0.2, 0) is 4.74 Å². The van der Waals surface area contributed by atoms with Gasteiger partial charge in [0.25, 0.3) is 0 Å². The number of esters is 1. The Morgan fingerprint density at radius 1 is 1.22 bits per heavy atom. The van der Waals surface area contributed by atoms with Crippen molar-refractivity contribution < 1.29 is 13.9 Å². The molecule has 0 aliphatic heterocycles. The topological polar surface area (TPSA) is 39.4 Å². The fourth-order valence-corrected chi connectivity index (χ4v) is 1.69. The van der Waals surface area contributed by atoms with Crippen LogP contribution in [0.5, 0.6) is 0 Å². The van der Waals surface area contributed by atoms with Crippen molar-refractivity contribution in [3.8, 4) is 11.1 Å². The highest BCUT2D eigenvalue weighted by Gasteiger charge is 2.17. The molecule has 0 amide bonds. The van der Waals surface area contributed by atoms with Gasteiger partial charge in [0.15, 0.2) is 0 Å². The summed E-state index contributed by atoms with van der Waals surface area (Å²) in [6.07, 6.45) is 3.38. The quantitative estimate of drug-likeness (QED) is 0.591. The van der Waals surface area contributed by atoms with Gasteiger partial charge >= 0.3 is 5.97 Å². The van der Waals surface area contributed by atoms with Crippen molar-refractivity contribution in [2.75, 3.05) is 6.61 Å². The number of furan rings is 1. The molecule has 1 aromatic carbocycles. The van der Waals surface area contributed by atoms with E-state index >= 15 is 0 Å². The molecule has 0 bridgehead atoms. The Morgan fingerprint density at radius 3 is 2.72 bits per heavy atom. The average Bonchev–Trinajstić information content (AvgIpc) is 2.89. The maximum absolute atomic E-state index is 11.9. The summed E-state index contributed by atoms with van der Waals surface area (Å²) in [6, 6.07) is 11.4. The molecule has 0 saturated carbocycles. The first-order chi connectivity index (χ1) is 8.83. The fourth-order valence-electron chi connectivity index (χ4n) is 1.69. The summed E-state index contributed by atoms with van der Waals surface area (Å²) in [5.41, 5.74) is 1.73. The molecule has 0 unspecified atom stereocenters. The van der Waals surface area contributed by atoms with Gasteiger partial charge in [-0.15, -0.1) is 0 Å². The number of ether oxygens (including phenoxy) is 1. The lowest BCUT2D eigenvalue weighted by molar-refractivity contribution is 0.0464. The van der Waals surface area contributed by atoms with E-state index in [1.165, 1.54) is 6.26 Å². The van der Waals surface area contributed by atoms with Gasteiger partial charge < -0.3 is 9.15 Å². The number of hydrogen-bond donors (Lipinski definition) is 0. The molecule has 3 nitrogen and oxygen atoms in total. The van der Waals surface area contributed by atoms with Crippen LogP contribution in [0.3, 0.4) is 0 Å². The highest BCUT2D eigenvalue weighted by molar-refractivity contribution is 5.94. The Kier molecular flexibility index (Phi) is 4.18. The van der Waals surface area contributed by atoms with Crippen LogP contribution >= 0.6 is 0 Å². The molecule has 18 heavy (non-hydrogen) atoms. The third-order valence-electron chi connectivity index (χ3n) is 2.67. The number of carbonyl (C=O) groups excluding carboxylic acids is 1. The molecule has 0 saturated heterocycles. The highest BCUT2D eigenvalue weighted by atomic mass is 16.5. The van der Waals surface area contributed by atoms with Crippen LogP contribution in [0.4, 0.5) is 0 Å². The maximum atomic E-state index is 11.9. The molecular weight excluding hydrogens is 228 g/mol. The van der Waals surface area contributed by atoms with E-state index in [1.54, 1.807) is 6.07 Å². The monoisotopic (exact) mass is 244 g/mol. The number of hydrogen-bond acceptors (Lipinski definition) is 3. The van der Waals surface area contributed by atoms with Gasteiger partial charge in [-0.05, 0) is 18.1 Å². The Bertz CT molecular complexity index is 499. The van der Waals surface area contributed by atoms with Gasteiger partial charge in [0, 0.05) is 5.56 Å². The van der Waals surface area contributed by atoms with Crippen molar-refractivity contribution >= 4 is 5.97 Å². The van der Waals surface area contributed by atoms with Crippen molar-refractivity contribution in [2.45, 2.75) is 19.8 Å². The molecular formula is C15H16O3. The second-order valence-electron chi connectivity index (χ2n) is 4.02. The van der Waals surface area contributed by atoms with Gasteiger partial charge in [-0.2, -0.15) is 0 Å². The first-order valence-electron chi connectivity index (χ1n) is 6.13. The molecule has 1 aromatic heterocycles. The predicted octanol–water partition coefficient (Wildman–Crippen LogP) is 3.90. The van der Waals surface area contributed by atoms with Crippen molar-refractivity contribution in [1.29, 1.82) is 0 Å². The molecule has 0 atom stereocenters. The second kappa shape index (κ2) is 6.05. The van der Waals surface area contributed by atoms with Gasteiger partial charge in [0.2, 0.25) is 5.76 Å². The van der Waals surface area contributed by atoms with E-state index in [0.717, 1.165) is 24.0 Å². The third kappa shape index (κ3) is 2.80. The van der Waals surface area contributed by atoms with E-state index in [2.05, 4.69) is 6.92 Å². The summed E-state index contributed by atoms with van der Waals surface area (Å²) in [4.78, 5) is 11.9. The molecule has 0 N–H and O–H groups in total. The van der Waals surface area contributed by atoms with E-state index in [0.29, 0.717) is 6.61 Å². The Balaban J connectivity index is 2.15. The predicted molar refractivity (Wildman–Crippen MR) is 69.3 cm³/mol. The second-order valence-corrected chi connectivity index (χ2v) is 4.02. The molecule has 0 aliphatic carbocycles. The summed E-state index contributed by atoms with van der Waals surface area (Å²) < 4.78 is 10.4. The van der Waals surface area contributed by atoms with Gasteiger partial charge in [-0.1, -0.05) is 43.7 Å². The number of unbranched alkanes of at least 4 members (excludes halogenated alkanes) is 1. The normalized spacial score (nSPS) is 10.3. The Labute approximate surface area is 106 Å². The lowest BCUT2D eigenvalue weighted by Crippen LogP contribution is -2.06. The van der Waals surface area contributed by atoms with Crippen LogP contribution in [-0.4, -0.2) is 12.6 Å². The summed E-state index contributed by atoms with van der Waals surface area (Å²) in [6.45, 7) is 2.49. The summed E-state index contributed by atoms with van der Waals surface area (Å²) in [7, 11) is 0. The molecule has 2 rings (SSSR count). The van der Waals surface area contributed by atoms with Crippen molar-refractivity contribution in [3.05, 3.63) is 48.4 Å². The van der Waals surface area contributed by atoms with E-state index in [-0.39, 0.29) is 5.76 Å². The lowest BCUT2D eigenvalue weighted by Gasteiger charge is -2.04. The van der Waals surface area contributed by atoms with E-state index < -0.39 is 5.97 Å². The lowest BCUT2D eigenvalue weighted by atomic mass is 10.1. The van der Waals surface area contributed by atoms with Crippen LogP contribution in [0.15, 0.2) is 47.1 Å². The summed E-state index contributed by atoms with van der Waals surface area (Å²) >= 11 is 0. The minimum atomic E-state index is -0.396. The SMILES string of the molecule is CCCCOC(=O)c1occc1-c1ccccc1. The van der Waals surface area contributed by atoms with Crippen molar-refractivity contribution in [2.24, 2.45) is 0 Å². The summed E-state index contributed by atoms with van der Waals surface area (Å²) in [5.74, 6) is -0.121. The zero-order chi connectivity index (χ0) is 12.8. The van der Waals surface area contributed by atoms with Crippen LogP contribution in [0.1, 0.15) is 30.3 Å². The molecule has 94 valence electrons. The van der Waals surface area contributed by atoms with E-state index in [9.17, 15) is 4.79 Å². The van der Waals surface area contributed by atoms with Gasteiger partial charge in [0.1, 0.15) is 0 Å². The van der Waals surface area contributed by atoms with Crippen molar-refractivity contribution in [1.82, 2.24) is 0 Å². The van der Waals surface area contributed by atoms with Gasteiger partial charge in [-0.25, -0.2) is 4.79 Å². The largest absolute Gasteiger partial charge is 0.460 e. The molecule has 3 heteroatoms. The van der Waals surface area contributed by atoms with Gasteiger partial charge in [0.05, 0.1) is 12.9 Å². The number of carbonyl (C=O) groups is 1. The zero-order valence-electron chi connectivity index (χ0n) is 10.4. The van der Waals surface area contributed by atoms with Crippen LogP contribution < -0.4 is 0 Å². The first-order valence-corrected chi connectivity index (χ1v) is 6.13. The minimum Gasteiger partial charge on any atom is -0.460 e. The van der Waals surface area contributed by atoms with Crippen LogP contribution in [0, 0.1) is 0 Å². The molecule has 1 heterocycles. The third-order valence-corrected chi connectivity index (χ3v) is 2.67. The molecule has 2 aromatic rings. The van der Waals surface area contributed by atoms with E-state index in [1.807, 2.05) is 30.3 Å². The Hall–Kier alpha value is -2.03. The molecule has 0 aliphatic rings. The highest BCUT2D eigenvalue weighted by Crippen LogP contribution is 2.25. The smallest absolute Gasteiger partial charge is 0.374 e. The molecule has 0 radical (unpaired) electrons. The van der Waals surface area contributed by atoms with Crippen molar-refractivity contribution in [3.63, 3.8) is 0 Å². The first kappa shape index (κ1) is 12.4. The number of rotatable bonds is 5. The Morgan fingerprint density at radius 2 is 2.00 bits per heavy atom. The van der Waals surface area contributed by atoms with Crippen LogP contribution in [0.25, 0.3) is 11.1 Å².